The molecule has 1 aromatic carbocycles. The van der Waals surface area contributed by atoms with Crippen molar-refractivity contribution < 1.29 is 18.7 Å². The van der Waals surface area contributed by atoms with E-state index in [1.807, 2.05) is 25.2 Å². The van der Waals surface area contributed by atoms with E-state index in [4.69, 9.17) is 4.74 Å². The second-order valence-corrected chi connectivity index (χ2v) is 7.37. The van der Waals surface area contributed by atoms with E-state index in [0.29, 0.717) is 31.5 Å². The molecule has 2 aromatic rings. The standard InChI is InChI=1S/C21H23FN4O3/c1-26-20-13(5-3-11-29-17-9-10-23-12-16(17)22)4-2-6-14(20)19(25-26)15-7-8-18(27)24-21(15)28/h2,4,6,15-17,23H,7-12H2,1H3,(H,24,27,28)/t15?,16-,17-/m0/s1. The Labute approximate surface area is 168 Å². The number of aryl methyl sites for hydroxylation is 1. The summed E-state index contributed by atoms with van der Waals surface area (Å²) in [5, 5.41) is 10.8. The normalized spacial score (nSPS) is 24.8. The van der Waals surface area contributed by atoms with E-state index < -0.39 is 18.2 Å². The lowest BCUT2D eigenvalue weighted by atomic mass is 9.92. The summed E-state index contributed by atoms with van der Waals surface area (Å²) in [5.74, 6) is 5.04. The van der Waals surface area contributed by atoms with Crippen LogP contribution in [0.3, 0.4) is 0 Å². The number of para-hydroxylation sites is 1. The Morgan fingerprint density at radius 1 is 1.34 bits per heavy atom. The minimum Gasteiger partial charge on any atom is -0.362 e. The van der Waals surface area contributed by atoms with E-state index in [2.05, 4.69) is 27.6 Å². The molecule has 1 unspecified atom stereocenters. The Morgan fingerprint density at radius 2 is 2.21 bits per heavy atom. The van der Waals surface area contributed by atoms with E-state index in [9.17, 15) is 14.0 Å². The number of piperidine rings is 2. The average molecular weight is 398 g/mol. The summed E-state index contributed by atoms with van der Waals surface area (Å²) < 4.78 is 21.1. The van der Waals surface area contributed by atoms with Gasteiger partial charge in [0, 0.05) is 25.4 Å². The van der Waals surface area contributed by atoms with E-state index in [0.717, 1.165) is 23.0 Å². The summed E-state index contributed by atoms with van der Waals surface area (Å²) in [5.41, 5.74) is 2.24. The first-order valence-corrected chi connectivity index (χ1v) is 9.79. The van der Waals surface area contributed by atoms with Gasteiger partial charge in [-0.05, 0) is 25.5 Å². The number of nitrogens with one attached hydrogen (secondary N) is 2. The molecule has 3 atom stereocenters. The number of ether oxygens (including phenoxy) is 1. The molecule has 0 aliphatic carbocycles. The maximum atomic E-state index is 13.8. The highest BCUT2D eigenvalue weighted by Crippen LogP contribution is 2.31. The van der Waals surface area contributed by atoms with Gasteiger partial charge in [0.15, 0.2) is 0 Å². The number of carbonyl (C=O) groups is 2. The number of halogens is 1. The van der Waals surface area contributed by atoms with Gasteiger partial charge in [0.1, 0.15) is 12.8 Å². The molecule has 0 spiro atoms. The summed E-state index contributed by atoms with van der Waals surface area (Å²) in [6.45, 7) is 1.21. The fourth-order valence-corrected chi connectivity index (χ4v) is 3.94. The Kier molecular flexibility index (Phi) is 5.60. The van der Waals surface area contributed by atoms with Crippen molar-refractivity contribution >= 4 is 22.7 Å². The predicted molar refractivity (Wildman–Crippen MR) is 105 cm³/mol. The molecule has 1 aromatic heterocycles. The zero-order chi connectivity index (χ0) is 20.4. The van der Waals surface area contributed by atoms with Gasteiger partial charge in [0.05, 0.1) is 28.8 Å². The number of carbonyl (C=O) groups excluding carboxylic acids is 2. The summed E-state index contributed by atoms with van der Waals surface area (Å²) in [6.07, 6.45) is -0.0481. The molecule has 2 N–H and O–H groups in total. The van der Waals surface area contributed by atoms with Crippen molar-refractivity contribution in [1.29, 1.82) is 0 Å². The lowest BCUT2D eigenvalue weighted by molar-refractivity contribution is -0.134. The van der Waals surface area contributed by atoms with E-state index >= 15 is 0 Å². The van der Waals surface area contributed by atoms with Crippen LogP contribution in [0.4, 0.5) is 4.39 Å². The van der Waals surface area contributed by atoms with Crippen LogP contribution in [0.5, 0.6) is 0 Å². The third kappa shape index (κ3) is 4.02. The number of benzene rings is 1. The molecule has 3 heterocycles. The van der Waals surface area contributed by atoms with Crippen LogP contribution in [-0.4, -0.2) is 53.6 Å². The molecule has 2 saturated heterocycles. The van der Waals surface area contributed by atoms with Crippen molar-refractivity contribution in [2.24, 2.45) is 7.05 Å². The number of alkyl halides is 1. The number of imide groups is 1. The van der Waals surface area contributed by atoms with Gasteiger partial charge in [-0.2, -0.15) is 5.10 Å². The highest BCUT2D eigenvalue weighted by Gasteiger charge is 2.31. The van der Waals surface area contributed by atoms with Gasteiger partial charge in [-0.1, -0.05) is 24.0 Å². The minimum absolute atomic E-state index is 0.152. The van der Waals surface area contributed by atoms with Gasteiger partial charge in [0.2, 0.25) is 11.8 Å². The smallest absolute Gasteiger partial charge is 0.235 e. The average Bonchev–Trinajstić information content (AvgIpc) is 3.04. The number of nitrogens with zero attached hydrogens (tertiary/aromatic N) is 2. The van der Waals surface area contributed by atoms with E-state index in [-0.39, 0.29) is 18.4 Å². The lowest BCUT2D eigenvalue weighted by Crippen LogP contribution is -2.42. The SMILES string of the molecule is Cn1nc(C2CCC(=O)NC2=O)c2cccc(C#CCO[C@H]3CCNC[C@@H]3F)c21. The molecule has 0 bridgehead atoms. The molecule has 2 fully saturated rings. The Bertz CT molecular complexity index is 1010. The molecule has 4 rings (SSSR count). The van der Waals surface area contributed by atoms with Crippen LogP contribution >= 0.6 is 0 Å². The third-order valence-electron chi connectivity index (χ3n) is 5.40. The molecular formula is C21H23FN4O3. The van der Waals surface area contributed by atoms with Crippen LogP contribution in [0, 0.1) is 11.8 Å². The number of rotatable bonds is 3. The van der Waals surface area contributed by atoms with Crippen molar-refractivity contribution in [1.82, 2.24) is 20.4 Å². The Balaban J connectivity index is 1.55. The van der Waals surface area contributed by atoms with E-state index in [1.54, 1.807) is 4.68 Å². The minimum atomic E-state index is -1.01. The second kappa shape index (κ2) is 8.31. The molecule has 152 valence electrons. The van der Waals surface area contributed by atoms with Gasteiger partial charge in [-0.3, -0.25) is 19.6 Å². The van der Waals surface area contributed by atoms with Gasteiger partial charge >= 0.3 is 0 Å². The first-order chi connectivity index (χ1) is 14.0. The maximum Gasteiger partial charge on any atom is 0.235 e. The molecule has 29 heavy (non-hydrogen) atoms. The maximum absolute atomic E-state index is 13.8. The summed E-state index contributed by atoms with van der Waals surface area (Å²) >= 11 is 0. The Hall–Kier alpha value is -2.76. The molecule has 0 radical (unpaired) electrons. The van der Waals surface area contributed by atoms with Crippen LogP contribution in [0.15, 0.2) is 18.2 Å². The highest BCUT2D eigenvalue weighted by molar-refractivity contribution is 6.02. The fourth-order valence-electron chi connectivity index (χ4n) is 3.94. The number of aromatic nitrogens is 2. The predicted octanol–water partition coefficient (Wildman–Crippen LogP) is 1.16. The summed E-state index contributed by atoms with van der Waals surface area (Å²) in [7, 11) is 1.81. The number of fused-ring (bicyclic) bond motifs is 1. The summed E-state index contributed by atoms with van der Waals surface area (Å²) in [6, 6.07) is 5.66. The first kappa shape index (κ1) is 19.6. The van der Waals surface area contributed by atoms with Crippen molar-refractivity contribution in [3.63, 3.8) is 0 Å². The van der Waals surface area contributed by atoms with E-state index in [1.165, 1.54) is 0 Å². The van der Waals surface area contributed by atoms with Crippen LogP contribution in [0.25, 0.3) is 10.9 Å². The Morgan fingerprint density at radius 3 is 3.00 bits per heavy atom. The monoisotopic (exact) mass is 398 g/mol. The first-order valence-electron chi connectivity index (χ1n) is 9.79. The van der Waals surface area contributed by atoms with Crippen molar-refractivity contribution in [2.75, 3.05) is 19.7 Å². The highest BCUT2D eigenvalue weighted by atomic mass is 19.1. The quantitative estimate of drug-likeness (QED) is 0.599. The van der Waals surface area contributed by atoms with Gasteiger partial charge in [0.25, 0.3) is 0 Å². The van der Waals surface area contributed by atoms with Gasteiger partial charge < -0.3 is 10.1 Å². The van der Waals surface area contributed by atoms with Crippen molar-refractivity contribution in [2.45, 2.75) is 37.5 Å². The van der Waals surface area contributed by atoms with Gasteiger partial charge in [-0.15, -0.1) is 0 Å². The van der Waals surface area contributed by atoms with Crippen LogP contribution in [0.1, 0.15) is 36.4 Å². The molecular weight excluding hydrogens is 375 g/mol. The van der Waals surface area contributed by atoms with Gasteiger partial charge in [-0.25, -0.2) is 4.39 Å². The molecule has 2 amide bonds. The molecule has 2 aliphatic heterocycles. The van der Waals surface area contributed by atoms with Crippen LogP contribution < -0.4 is 10.6 Å². The molecule has 2 aliphatic rings. The molecule has 7 nitrogen and oxygen atoms in total. The number of hydrogen-bond donors (Lipinski definition) is 2. The largest absolute Gasteiger partial charge is 0.362 e. The second-order valence-electron chi connectivity index (χ2n) is 7.37. The van der Waals surface area contributed by atoms with Crippen LogP contribution in [-0.2, 0) is 21.4 Å². The zero-order valence-corrected chi connectivity index (χ0v) is 16.2. The molecule has 8 heteroatoms. The van der Waals surface area contributed by atoms with Crippen molar-refractivity contribution in [3.05, 3.63) is 29.5 Å². The number of hydrogen-bond acceptors (Lipinski definition) is 5. The lowest BCUT2D eigenvalue weighted by Gasteiger charge is -2.25. The number of amides is 2. The molecule has 0 saturated carbocycles. The van der Waals surface area contributed by atoms with Crippen LogP contribution in [0.2, 0.25) is 0 Å². The zero-order valence-electron chi connectivity index (χ0n) is 16.2. The third-order valence-corrected chi connectivity index (χ3v) is 5.40. The van der Waals surface area contributed by atoms with Crippen molar-refractivity contribution in [3.8, 4) is 11.8 Å². The summed E-state index contributed by atoms with van der Waals surface area (Å²) in [4.78, 5) is 23.7. The fraction of sp³-hybridized carbons (Fsp3) is 0.476. The topological polar surface area (TPSA) is 85.2 Å².